The van der Waals surface area contributed by atoms with Gasteiger partial charge in [0.2, 0.25) is 5.91 Å². The van der Waals surface area contributed by atoms with Crippen molar-refractivity contribution in [2.75, 3.05) is 17.7 Å². The summed E-state index contributed by atoms with van der Waals surface area (Å²) in [6, 6.07) is 9.40. The van der Waals surface area contributed by atoms with E-state index < -0.39 is 5.97 Å². The lowest BCUT2D eigenvalue weighted by molar-refractivity contribution is -0.123. The molecule has 1 aliphatic rings. The molecule has 1 aromatic carbocycles. The van der Waals surface area contributed by atoms with Crippen molar-refractivity contribution in [1.82, 2.24) is 0 Å². The second kappa shape index (κ2) is 8.78. The fourth-order valence-corrected chi connectivity index (χ4v) is 4.86. The molecular weight excluding hydrogens is 372 g/mol. The van der Waals surface area contributed by atoms with Gasteiger partial charge in [0.1, 0.15) is 4.88 Å². The molecule has 1 aromatic heterocycles. The van der Waals surface area contributed by atoms with Crippen molar-refractivity contribution in [1.29, 1.82) is 0 Å². The maximum atomic E-state index is 13.4. The molecule has 0 spiro atoms. The quantitative estimate of drug-likeness (QED) is 0.559. The van der Waals surface area contributed by atoms with Crippen LogP contribution in [0.4, 0.5) is 11.4 Å². The Bertz CT molecular complexity index is 836. The SMILES string of the molecule is COC(=O)c1sc(-c2ccc(N)cc2)cc1N(C(=O)C1CCCCC1)C(C)C. The molecule has 0 saturated heterocycles. The fraction of sp³-hybridized carbons (Fsp3) is 0.455. The van der Waals surface area contributed by atoms with Crippen LogP contribution < -0.4 is 10.6 Å². The number of amides is 1. The van der Waals surface area contributed by atoms with Gasteiger partial charge in [-0.2, -0.15) is 0 Å². The molecule has 6 heteroatoms. The topological polar surface area (TPSA) is 72.6 Å². The molecule has 5 nitrogen and oxygen atoms in total. The van der Waals surface area contributed by atoms with E-state index in [1.807, 2.05) is 44.2 Å². The first-order valence-corrected chi connectivity index (χ1v) is 10.6. The summed E-state index contributed by atoms with van der Waals surface area (Å²) in [6.45, 7) is 3.98. The van der Waals surface area contributed by atoms with Crippen LogP contribution in [0.1, 0.15) is 55.6 Å². The molecule has 0 aliphatic heterocycles. The van der Waals surface area contributed by atoms with E-state index in [1.165, 1.54) is 24.9 Å². The lowest BCUT2D eigenvalue weighted by Gasteiger charge is -2.32. The maximum Gasteiger partial charge on any atom is 0.350 e. The second-order valence-electron chi connectivity index (χ2n) is 7.58. The maximum absolute atomic E-state index is 13.4. The third-order valence-electron chi connectivity index (χ3n) is 5.25. The summed E-state index contributed by atoms with van der Waals surface area (Å²) in [4.78, 5) is 29.0. The van der Waals surface area contributed by atoms with E-state index in [1.54, 1.807) is 4.90 Å². The second-order valence-corrected chi connectivity index (χ2v) is 8.63. The van der Waals surface area contributed by atoms with Gasteiger partial charge in [0.05, 0.1) is 12.8 Å². The summed E-state index contributed by atoms with van der Waals surface area (Å²) in [7, 11) is 1.37. The Hall–Kier alpha value is -2.34. The van der Waals surface area contributed by atoms with E-state index >= 15 is 0 Å². The number of nitrogens with zero attached hydrogens (tertiary/aromatic N) is 1. The molecule has 28 heavy (non-hydrogen) atoms. The average Bonchev–Trinajstić information content (AvgIpc) is 3.13. The molecule has 1 heterocycles. The molecule has 1 aliphatic carbocycles. The molecule has 0 radical (unpaired) electrons. The van der Waals surface area contributed by atoms with Gasteiger partial charge in [-0.3, -0.25) is 4.79 Å². The number of ether oxygens (including phenoxy) is 1. The predicted octanol–water partition coefficient (Wildman–Crippen LogP) is 5.11. The van der Waals surface area contributed by atoms with E-state index in [0.29, 0.717) is 16.3 Å². The van der Waals surface area contributed by atoms with Crippen LogP contribution in [-0.2, 0) is 9.53 Å². The first-order chi connectivity index (χ1) is 13.4. The number of anilines is 2. The van der Waals surface area contributed by atoms with Gasteiger partial charge >= 0.3 is 5.97 Å². The van der Waals surface area contributed by atoms with Gasteiger partial charge in [-0.15, -0.1) is 11.3 Å². The largest absolute Gasteiger partial charge is 0.465 e. The highest BCUT2D eigenvalue weighted by Gasteiger charge is 2.32. The van der Waals surface area contributed by atoms with E-state index in [2.05, 4.69) is 0 Å². The zero-order chi connectivity index (χ0) is 20.3. The zero-order valence-corrected chi connectivity index (χ0v) is 17.6. The van der Waals surface area contributed by atoms with E-state index in [0.717, 1.165) is 36.1 Å². The minimum Gasteiger partial charge on any atom is -0.465 e. The van der Waals surface area contributed by atoms with Crippen LogP contribution in [0.5, 0.6) is 0 Å². The van der Waals surface area contributed by atoms with Crippen LogP contribution in [0, 0.1) is 5.92 Å². The molecule has 3 rings (SSSR count). The molecule has 1 amide bonds. The van der Waals surface area contributed by atoms with Gasteiger partial charge < -0.3 is 15.4 Å². The molecular formula is C22H28N2O3S. The summed E-state index contributed by atoms with van der Waals surface area (Å²) in [5, 5.41) is 0. The Balaban J connectivity index is 2.04. The molecule has 1 saturated carbocycles. The van der Waals surface area contributed by atoms with Crippen molar-refractivity contribution >= 4 is 34.6 Å². The van der Waals surface area contributed by atoms with Crippen molar-refractivity contribution in [3.8, 4) is 10.4 Å². The van der Waals surface area contributed by atoms with Gasteiger partial charge in [-0.05, 0) is 50.5 Å². The number of thiophene rings is 1. The van der Waals surface area contributed by atoms with Gasteiger partial charge in [0.15, 0.2) is 0 Å². The Morgan fingerprint density at radius 3 is 2.36 bits per heavy atom. The summed E-state index contributed by atoms with van der Waals surface area (Å²) in [6.07, 6.45) is 5.22. The number of carbonyl (C=O) groups is 2. The summed E-state index contributed by atoms with van der Waals surface area (Å²) in [5.41, 5.74) is 8.09. The van der Waals surface area contributed by atoms with Gasteiger partial charge in [0.25, 0.3) is 0 Å². The Morgan fingerprint density at radius 1 is 1.14 bits per heavy atom. The molecule has 0 unspecified atom stereocenters. The summed E-state index contributed by atoms with van der Waals surface area (Å²) >= 11 is 1.35. The number of hydrogen-bond acceptors (Lipinski definition) is 5. The van der Waals surface area contributed by atoms with Gasteiger partial charge in [-0.25, -0.2) is 4.79 Å². The number of hydrogen-bond donors (Lipinski definition) is 1. The summed E-state index contributed by atoms with van der Waals surface area (Å²) < 4.78 is 5.01. The number of rotatable bonds is 5. The lowest BCUT2D eigenvalue weighted by Crippen LogP contribution is -2.42. The smallest absolute Gasteiger partial charge is 0.350 e. The molecule has 0 atom stereocenters. The van der Waals surface area contributed by atoms with Crippen LogP contribution in [0.3, 0.4) is 0 Å². The highest BCUT2D eigenvalue weighted by molar-refractivity contribution is 7.18. The number of benzene rings is 1. The van der Waals surface area contributed by atoms with Crippen molar-refractivity contribution in [3.63, 3.8) is 0 Å². The summed E-state index contributed by atoms with van der Waals surface area (Å²) in [5.74, 6) is -0.271. The Labute approximate surface area is 170 Å². The van der Waals surface area contributed by atoms with Crippen LogP contribution in [0.15, 0.2) is 30.3 Å². The highest BCUT2D eigenvalue weighted by Crippen LogP contribution is 2.39. The monoisotopic (exact) mass is 400 g/mol. The number of methoxy groups -OCH3 is 1. The Kier molecular flexibility index (Phi) is 6.39. The molecule has 2 aromatic rings. The molecule has 0 bridgehead atoms. The predicted molar refractivity (Wildman–Crippen MR) is 115 cm³/mol. The Morgan fingerprint density at radius 2 is 1.79 bits per heavy atom. The standard InChI is InChI=1S/C22H28N2O3S/c1-14(2)24(21(25)16-7-5-4-6-8-16)18-13-19(28-20(18)22(26)27-3)15-9-11-17(23)12-10-15/h9-14,16H,4-8,23H2,1-3H3. The number of nitrogens with two attached hydrogens (primary N) is 1. The first-order valence-electron chi connectivity index (χ1n) is 9.83. The van der Waals surface area contributed by atoms with Crippen LogP contribution in [-0.4, -0.2) is 25.0 Å². The average molecular weight is 401 g/mol. The van der Waals surface area contributed by atoms with Crippen LogP contribution >= 0.6 is 11.3 Å². The van der Waals surface area contributed by atoms with Crippen molar-refractivity contribution in [3.05, 3.63) is 35.2 Å². The van der Waals surface area contributed by atoms with E-state index in [-0.39, 0.29) is 17.9 Å². The third kappa shape index (κ3) is 4.22. The van der Waals surface area contributed by atoms with Gasteiger partial charge in [0, 0.05) is 22.5 Å². The number of carbonyl (C=O) groups excluding carboxylic acids is 2. The van der Waals surface area contributed by atoms with Crippen molar-refractivity contribution < 1.29 is 14.3 Å². The highest BCUT2D eigenvalue weighted by atomic mass is 32.1. The van der Waals surface area contributed by atoms with Gasteiger partial charge in [-0.1, -0.05) is 31.4 Å². The zero-order valence-electron chi connectivity index (χ0n) is 16.7. The molecule has 150 valence electrons. The first kappa shape index (κ1) is 20.4. The van der Waals surface area contributed by atoms with Crippen LogP contribution in [0.25, 0.3) is 10.4 Å². The fourth-order valence-electron chi connectivity index (χ4n) is 3.79. The van der Waals surface area contributed by atoms with Crippen molar-refractivity contribution in [2.45, 2.75) is 52.0 Å². The normalized spacial score (nSPS) is 14.9. The third-order valence-corrected chi connectivity index (χ3v) is 6.40. The minimum atomic E-state index is -0.413. The lowest BCUT2D eigenvalue weighted by atomic mass is 9.88. The van der Waals surface area contributed by atoms with Crippen LogP contribution in [0.2, 0.25) is 0 Å². The molecule has 1 fully saturated rings. The van der Waals surface area contributed by atoms with E-state index in [9.17, 15) is 9.59 Å². The number of nitrogen functional groups attached to an aromatic ring is 1. The van der Waals surface area contributed by atoms with Crippen molar-refractivity contribution in [2.24, 2.45) is 5.92 Å². The number of esters is 1. The molecule has 2 N–H and O–H groups in total. The minimum absolute atomic E-state index is 0.0292. The van der Waals surface area contributed by atoms with E-state index in [4.69, 9.17) is 10.5 Å².